The molecule has 0 saturated carbocycles. The molecule has 41 heavy (non-hydrogen) atoms. The number of nitrogens with one attached hydrogen (secondary N) is 1. The van der Waals surface area contributed by atoms with Gasteiger partial charge in [-0.3, -0.25) is 14.6 Å². The molecule has 0 aliphatic carbocycles. The second-order valence-corrected chi connectivity index (χ2v) is 11.6. The number of rotatable bonds is 9. The van der Waals surface area contributed by atoms with E-state index in [1.54, 1.807) is 0 Å². The summed E-state index contributed by atoms with van der Waals surface area (Å²) in [5, 5.41) is 2.45. The maximum absolute atomic E-state index is 15.6. The number of thiol groups is 3. The van der Waals surface area contributed by atoms with Crippen LogP contribution in [0.25, 0.3) is 0 Å². The molecular formula is C25H21F4N3O6S3. The quantitative estimate of drug-likeness (QED) is 0.119. The van der Waals surface area contributed by atoms with Gasteiger partial charge >= 0.3 is 6.36 Å². The minimum Gasteiger partial charge on any atom is -0.455 e. The fraction of sp³-hybridized carbons (Fsp3) is 0.240. The molecule has 218 valence electrons. The van der Waals surface area contributed by atoms with E-state index >= 15 is 4.39 Å². The predicted octanol–water partition coefficient (Wildman–Crippen LogP) is 5.55. The van der Waals surface area contributed by atoms with Gasteiger partial charge in [-0.05, 0) is 48.4 Å². The predicted molar refractivity (Wildman–Crippen MR) is 149 cm³/mol. The van der Waals surface area contributed by atoms with E-state index < -0.39 is 38.9 Å². The van der Waals surface area contributed by atoms with Crippen molar-refractivity contribution in [1.82, 2.24) is 4.98 Å². The largest absolute Gasteiger partial charge is 0.573 e. The van der Waals surface area contributed by atoms with Crippen molar-refractivity contribution >= 4 is 55.4 Å². The van der Waals surface area contributed by atoms with Crippen molar-refractivity contribution in [3.8, 4) is 23.0 Å². The van der Waals surface area contributed by atoms with Crippen LogP contribution in [0.3, 0.4) is 0 Å². The average Bonchev–Trinajstić information content (AvgIpc) is 3.39. The normalized spacial score (nSPS) is 15.3. The number of anilines is 1. The van der Waals surface area contributed by atoms with Crippen LogP contribution in [0.1, 0.15) is 38.7 Å². The van der Waals surface area contributed by atoms with Gasteiger partial charge in [-0.15, -0.1) is 51.1 Å². The Morgan fingerprint density at radius 2 is 1.78 bits per heavy atom. The molecule has 1 fully saturated rings. The van der Waals surface area contributed by atoms with E-state index in [4.69, 9.17) is 19.9 Å². The summed E-state index contributed by atoms with van der Waals surface area (Å²) in [5.41, 5.74) is 5.07. The number of hydrogen-bond acceptors (Lipinski definition) is 10. The highest BCUT2D eigenvalue weighted by atomic mass is 32.2. The summed E-state index contributed by atoms with van der Waals surface area (Å²) in [7, 11) is 0. The lowest BCUT2D eigenvalue weighted by Gasteiger charge is -2.22. The van der Waals surface area contributed by atoms with Crippen molar-refractivity contribution in [2.75, 3.05) is 18.5 Å². The van der Waals surface area contributed by atoms with Crippen LogP contribution in [0.4, 0.5) is 23.2 Å². The van der Waals surface area contributed by atoms with E-state index in [1.807, 2.05) is 0 Å². The molecule has 1 saturated heterocycles. The summed E-state index contributed by atoms with van der Waals surface area (Å²) >= 11 is 12.0. The molecule has 2 amide bonds. The van der Waals surface area contributed by atoms with Crippen molar-refractivity contribution in [3.63, 3.8) is 0 Å². The first-order valence-electron chi connectivity index (χ1n) is 11.6. The number of benzene rings is 2. The molecule has 0 radical (unpaired) electrons. The SMILES string of the molecule is NC(=O)c1cc(NC(=O)c2c(F)cc(C3CCOC3)cc2Oc2ccc(OC(F)(F)F)cc2OC(S)(S)S)ccn1. The summed E-state index contributed by atoms with van der Waals surface area (Å²) in [5.74, 6) is -4.56. The van der Waals surface area contributed by atoms with Gasteiger partial charge in [0.2, 0.25) is 3.60 Å². The van der Waals surface area contributed by atoms with Gasteiger partial charge in [-0.2, -0.15) is 0 Å². The Morgan fingerprint density at radius 1 is 1.02 bits per heavy atom. The average molecular weight is 632 g/mol. The van der Waals surface area contributed by atoms with Gasteiger partial charge in [0.25, 0.3) is 11.8 Å². The molecule has 1 aliphatic heterocycles. The van der Waals surface area contributed by atoms with Gasteiger partial charge < -0.3 is 30.0 Å². The minimum atomic E-state index is -5.01. The number of nitrogens with two attached hydrogens (primary N) is 1. The lowest BCUT2D eigenvalue weighted by atomic mass is 9.96. The number of aromatic nitrogens is 1. The molecule has 1 aromatic heterocycles. The molecule has 16 heteroatoms. The van der Waals surface area contributed by atoms with Gasteiger partial charge in [0, 0.05) is 30.5 Å². The van der Waals surface area contributed by atoms with E-state index in [9.17, 15) is 22.8 Å². The van der Waals surface area contributed by atoms with Crippen molar-refractivity contribution in [3.05, 3.63) is 71.3 Å². The zero-order valence-corrected chi connectivity index (χ0v) is 23.3. The summed E-state index contributed by atoms with van der Waals surface area (Å²) < 4.78 is 72.8. The first kappa shape index (κ1) is 30.6. The first-order valence-corrected chi connectivity index (χ1v) is 12.9. The Hall–Kier alpha value is -3.34. The first-order chi connectivity index (χ1) is 19.2. The van der Waals surface area contributed by atoms with Crippen molar-refractivity contribution in [2.45, 2.75) is 22.3 Å². The van der Waals surface area contributed by atoms with Crippen molar-refractivity contribution in [1.29, 1.82) is 0 Å². The van der Waals surface area contributed by atoms with Gasteiger partial charge in [-0.25, -0.2) is 4.39 Å². The Kier molecular flexibility index (Phi) is 9.16. The number of pyridine rings is 1. The monoisotopic (exact) mass is 631 g/mol. The molecule has 2 heterocycles. The zero-order chi connectivity index (χ0) is 29.9. The number of nitrogens with zero attached hydrogens (tertiary/aromatic N) is 1. The Labute approximate surface area is 246 Å². The maximum Gasteiger partial charge on any atom is 0.573 e. The number of carbonyl (C=O) groups excluding carboxylic acids is 2. The van der Waals surface area contributed by atoms with Crippen LogP contribution in [0.5, 0.6) is 23.0 Å². The van der Waals surface area contributed by atoms with Crippen LogP contribution in [-0.4, -0.2) is 40.0 Å². The molecule has 1 aliphatic rings. The molecule has 3 aromatic rings. The van der Waals surface area contributed by atoms with E-state index in [0.717, 1.165) is 18.2 Å². The number of halogens is 4. The Bertz CT molecular complexity index is 1460. The highest BCUT2D eigenvalue weighted by Crippen LogP contribution is 2.42. The Morgan fingerprint density at radius 3 is 2.41 bits per heavy atom. The van der Waals surface area contributed by atoms with E-state index in [2.05, 4.69) is 52.9 Å². The Balaban J connectivity index is 1.77. The summed E-state index contributed by atoms with van der Waals surface area (Å²) in [6.45, 7) is 0.748. The number of carbonyl (C=O) groups is 2. The standard InChI is InChI=1S/C25H21F4N3O6S3/c26-16-7-13(12-4-6-35-11-12)8-20(21(16)23(34)32-14-3-5-31-17(9-14)22(30)33)36-18-2-1-15(37-24(27,28)29)10-19(18)38-25(39,40)41/h1-3,5,7-10,12,39-41H,4,6,11H2,(H2,30,33)(H,31,32,34). The van der Waals surface area contributed by atoms with Gasteiger partial charge in [-0.1, -0.05) is 0 Å². The third-order valence-corrected chi connectivity index (χ3v) is 5.86. The minimum absolute atomic E-state index is 0.0834. The van der Waals surface area contributed by atoms with Gasteiger partial charge in [0.15, 0.2) is 11.5 Å². The lowest BCUT2D eigenvalue weighted by Crippen LogP contribution is -2.18. The van der Waals surface area contributed by atoms with Crippen LogP contribution in [0.2, 0.25) is 0 Å². The van der Waals surface area contributed by atoms with Crippen LogP contribution in [0.15, 0.2) is 48.7 Å². The van der Waals surface area contributed by atoms with E-state index in [-0.39, 0.29) is 34.5 Å². The molecule has 2 aromatic carbocycles. The number of primary amides is 1. The topological polar surface area (TPSA) is 122 Å². The lowest BCUT2D eigenvalue weighted by molar-refractivity contribution is -0.274. The molecule has 1 atom stereocenters. The smallest absolute Gasteiger partial charge is 0.455 e. The summed E-state index contributed by atoms with van der Waals surface area (Å²) in [4.78, 5) is 28.5. The van der Waals surface area contributed by atoms with Crippen molar-refractivity contribution in [2.24, 2.45) is 5.73 Å². The van der Waals surface area contributed by atoms with Crippen LogP contribution >= 0.6 is 37.9 Å². The van der Waals surface area contributed by atoms with Crippen LogP contribution in [0, 0.1) is 5.82 Å². The number of amides is 2. The molecule has 3 N–H and O–H groups in total. The summed E-state index contributed by atoms with van der Waals surface area (Å²) in [6, 6.07) is 7.96. The number of alkyl halides is 3. The summed E-state index contributed by atoms with van der Waals surface area (Å²) in [6.07, 6.45) is -3.21. The fourth-order valence-corrected chi connectivity index (χ4v) is 4.18. The maximum atomic E-state index is 15.6. The molecule has 0 spiro atoms. The molecule has 0 bridgehead atoms. The highest BCUT2D eigenvalue weighted by Gasteiger charge is 2.32. The van der Waals surface area contributed by atoms with Crippen molar-refractivity contribution < 1.29 is 46.1 Å². The number of hydrogen-bond donors (Lipinski definition) is 5. The fourth-order valence-electron chi connectivity index (χ4n) is 3.89. The third-order valence-electron chi connectivity index (χ3n) is 5.59. The molecule has 4 rings (SSSR count). The van der Waals surface area contributed by atoms with Crippen LogP contribution in [-0.2, 0) is 4.74 Å². The number of ether oxygens (including phenoxy) is 4. The molecule has 1 unspecified atom stereocenters. The zero-order valence-electron chi connectivity index (χ0n) is 20.6. The molecule has 9 nitrogen and oxygen atoms in total. The second-order valence-electron chi connectivity index (χ2n) is 8.62. The van der Waals surface area contributed by atoms with E-state index in [0.29, 0.717) is 25.2 Å². The van der Waals surface area contributed by atoms with Crippen LogP contribution < -0.4 is 25.3 Å². The van der Waals surface area contributed by atoms with Gasteiger partial charge in [0.1, 0.15) is 28.6 Å². The highest BCUT2D eigenvalue weighted by molar-refractivity contribution is 8.16. The van der Waals surface area contributed by atoms with Gasteiger partial charge in [0.05, 0.1) is 6.61 Å². The van der Waals surface area contributed by atoms with E-state index in [1.165, 1.54) is 30.5 Å². The molecular weight excluding hydrogens is 610 g/mol. The third kappa shape index (κ3) is 8.34. The second kappa shape index (κ2) is 12.3.